The van der Waals surface area contributed by atoms with Crippen LogP contribution in [-0.2, 0) is 10.8 Å². The van der Waals surface area contributed by atoms with Crippen molar-refractivity contribution in [2.45, 2.75) is 31.6 Å². The molecule has 0 saturated heterocycles. The van der Waals surface area contributed by atoms with Crippen LogP contribution in [0.2, 0.25) is 0 Å². The summed E-state index contributed by atoms with van der Waals surface area (Å²) in [6, 6.07) is 1.74. The molecule has 1 heterocycles. The molecule has 0 amide bonds. The van der Waals surface area contributed by atoms with Gasteiger partial charge in [0, 0.05) is 11.9 Å². The van der Waals surface area contributed by atoms with E-state index in [1.807, 2.05) is 0 Å². The molecule has 1 aromatic rings. The van der Waals surface area contributed by atoms with E-state index in [0.717, 1.165) is 12.8 Å². The first-order chi connectivity index (χ1) is 7.15. The summed E-state index contributed by atoms with van der Waals surface area (Å²) in [7, 11) is -0.992. The van der Waals surface area contributed by atoms with E-state index in [1.54, 1.807) is 18.5 Å². The quantitative estimate of drug-likeness (QED) is 0.837. The van der Waals surface area contributed by atoms with Crippen molar-refractivity contribution in [3.05, 3.63) is 18.5 Å². The van der Waals surface area contributed by atoms with Gasteiger partial charge in [0.15, 0.2) is 0 Å². The van der Waals surface area contributed by atoms with Crippen molar-refractivity contribution in [3.63, 3.8) is 0 Å². The van der Waals surface area contributed by atoms with Gasteiger partial charge < -0.3 is 5.73 Å². The van der Waals surface area contributed by atoms with Gasteiger partial charge in [0.25, 0.3) is 0 Å². The minimum Gasteiger partial charge on any atom is -0.396 e. The highest BCUT2D eigenvalue weighted by molar-refractivity contribution is 7.85. The molecule has 0 aliphatic heterocycles. The molecule has 0 aliphatic rings. The normalized spacial score (nSPS) is 14.8. The number of hydrogen-bond acceptors (Lipinski definition) is 3. The van der Waals surface area contributed by atoms with E-state index in [9.17, 15) is 4.21 Å². The Bertz CT molecular complexity index is 341. The lowest BCUT2D eigenvalue weighted by Gasteiger charge is -2.10. The topological polar surface area (TPSA) is 56.0 Å². The number of anilines is 1. The number of nitrogens with zero attached hydrogens (tertiary/aromatic N) is 1. The van der Waals surface area contributed by atoms with Crippen LogP contribution in [-0.4, -0.2) is 14.9 Å². The number of pyridine rings is 1. The Morgan fingerprint density at radius 1 is 1.60 bits per heavy atom. The number of hydrogen-bond donors (Lipinski definition) is 1. The van der Waals surface area contributed by atoms with E-state index in [4.69, 9.17) is 5.73 Å². The minimum absolute atomic E-state index is 0.475. The van der Waals surface area contributed by atoms with E-state index >= 15 is 0 Å². The Hall–Kier alpha value is -0.900. The predicted molar refractivity (Wildman–Crippen MR) is 64.0 cm³/mol. The Balaban J connectivity index is 2.65. The van der Waals surface area contributed by atoms with Gasteiger partial charge in [-0.2, -0.15) is 0 Å². The predicted octanol–water partition coefficient (Wildman–Crippen LogP) is 2.21. The molecule has 84 valence electrons. The number of rotatable bonds is 5. The lowest BCUT2D eigenvalue weighted by atomic mass is 10.1. The van der Waals surface area contributed by atoms with Crippen LogP contribution in [0.4, 0.5) is 5.69 Å². The van der Waals surface area contributed by atoms with Crippen LogP contribution in [0.15, 0.2) is 23.4 Å². The van der Waals surface area contributed by atoms with Gasteiger partial charge in [0.2, 0.25) is 0 Å². The van der Waals surface area contributed by atoms with E-state index in [0.29, 0.717) is 22.3 Å². The molecule has 0 aromatic carbocycles. The van der Waals surface area contributed by atoms with Crippen LogP contribution in [0.5, 0.6) is 0 Å². The number of nitrogens with two attached hydrogens (primary N) is 1. The molecule has 0 spiro atoms. The second-order valence-electron chi connectivity index (χ2n) is 3.82. The van der Waals surface area contributed by atoms with Gasteiger partial charge >= 0.3 is 0 Å². The van der Waals surface area contributed by atoms with Crippen molar-refractivity contribution in [2.24, 2.45) is 5.92 Å². The third-order valence-electron chi connectivity index (χ3n) is 2.27. The third-order valence-corrected chi connectivity index (χ3v) is 4.01. The van der Waals surface area contributed by atoms with Gasteiger partial charge in [-0.3, -0.25) is 9.19 Å². The summed E-state index contributed by atoms with van der Waals surface area (Å²) in [5.41, 5.74) is 6.24. The largest absolute Gasteiger partial charge is 0.396 e. The van der Waals surface area contributed by atoms with Crippen LogP contribution in [0.1, 0.15) is 26.7 Å². The highest BCUT2D eigenvalue weighted by atomic mass is 32.2. The Labute approximate surface area is 93.6 Å². The highest BCUT2D eigenvalue weighted by Crippen LogP contribution is 2.17. The maximum atomic E-state index is 12.0. The zero-order chi connectivity index (χ0) is 11.3. The lowest BCUT2D eigenvalue weighted by molar-refractivity contribution is 0.574. The molecule has 1 rings (SSSR count). The fourth-order valence-corrected chi connectivity index (χ4v) is 2.92. The molecule has 1 aromatic heterocycles. The standard InChI is InChI=1S/C11H18N2OS/c1-3-4-9(2)8-15(14)11-5-6-13-7-10(11)12/h5-7,9H,3-4,8,12H2,1-2H3. The Kier molecular flexibility index (Phi) is 4.75. The molecule has 15 heavy (non-hydrogen) atoms. The minimum atomic E-state index is -0.992. The molecule has 3 nitrogen and oxygen atoms in total. The van der Waals surface area contributed by atoms with Gasteiger partial charge in [-0.05, 0) is 12.0 Å². The number of nitrogen functional groups attached to an aromatic ring is 1. The SMILES string of the molecule is CCCC(C)CS(=O)c1ccncc1N. The van der Waals surface area contributed by atoms with Gasteiger partial charge in [-0.15, -0.1) is 0 Å². The van der Waals surface area contributed by atoms with Crippen LogP contribution in [0.25, 0.3) is 0 Å². The van der Waals surface area contributed by atoms with E-state index in [1.165, 1.54) is 0 Å². The maximum Gasteiger partial charge on any atom is 0.0664 e. The molecule has 2 unspecified atom stereocenters. The first-order valence-corrected chi connectivity index (χ1v) is 6.55. The Morgan fingerprint density at radius 2 is 2.33 bits per heavy atom. The molecule has 2 atom stereocenters. The van der Waals surface area contributed by atoms with Crippen molar-refractivity contribution in [1.29, 1.82) is 0 Å². The molecule has 2 N–H and O–H groups in total. The summed E-state index contributed by atoms with van der Waals surface area (Å²) in [4.78, 5) is 4.60. The van der Waals surface area contributed by atoms with Crippen LogP contribution < -0.4 is 5.73 Å². The second-order valence-corrected chi connectivity index (χ2v) is 5.28. The highest BCUT2D eigenvalue weighted by Gasteiger charge is 2.11. The van der Waals surface area contributed by atoms with Crippen molar-refractivity contribution in [2.75, 3.05) is 11.5 Å². The van der Waals surface area contributed by atoms with Gasteiger partial charge in [-0.1, -0.05) is 26.7 Å². The number of aromatic nitrogens is 1. The average molecular weight is 226 g/mol. The third kappa shape index (κ3) is 3.63. The van der Waals surface area contributed by atoms with Crippen molar-refractivity contribution < 1.29 is 4.21 Å². The summed E-state index contributed by atoms with van der Waals surface area (Å²) in [6.07, 6.45) is 5.42. The fourth-order valence-electron chi connectivity index (χ4n) is 1.53. The summed E-state index contributed by atoms with van der Waals surface area (Å²) < 4.78 is 12.0. The Morgan fingerprint density at radius 3 is 2.93 bits per heavy atom. The molecule has 0 radical (unpaired) electrons. The average Bonchev–Trinajstić information content (AvgIpc) is 2.18. The van der Waals surface area contributed by atoms with Gasteiger partial charge in [-0.25, -0.2) is 0 Å². The van der Waals surface area contributed by atoms with Crippen molar-refractivity contribution in [3.8, 4) is 0 Å². The van der Waals surface area contributed by atoms with Crippen LogP contribution in [0.3, 0.4) is 0 Å². The molecule has 0 bridgehead atoms. The first-order valence-electron chi connectivity index (χ1n) is 5.23. The van der Waals surface area contributed by atoms with Crippen molar-refractivity contribution >= 4 is 16.5 Å². The summed E-state index contributed by atoms with van der Waals surface area (Å²) in [5, 5.41) is 0. The summed E-state index contributed by atoms with van der Waals surface area (Å²) in [5.74, 6) is 1.16. The lowest BCUT2D eigenvalue weighted by Crippen LogP contribution is -2.09. The van der Waals surface area contributed by atoms with Gasteiger partial charge in [0.1, 0.15) is 0 Å². The fraction of sp³-hybridized carbons (Fsp3) is 0.545. The van der Waals surface area contributed by atoms with E-state index in [2.05, 4.69) is 18.8 Å². The van der Waals surface area contributed by atoms with Gasteiger partial charge in [0.05, 0.1) is 27.6 Å². The molecule has 0 aliphatic carbocycles. The van der Waals surface area contributed by atoms with E-state index < -0.39 is 10.8 Å². The molecule has 0 saturated carbocycles. The van der Waals surface area contributed by atoms with Crippen LogP contribution >= 0.6 is 0 Å². The van der Waals surface area contributed by atoms with E-state index in [-0.39, 0.29) is 0 Å². The zero-order valence-corrected chi connectivity index (χ0v) is 10.1. The summed E-state index contributed by atoms with van der Waals surface area (Å²) >= 11 is 0. The first kappa shape index (κ1) is 12.2. The second kappa shape index (κ2) is 5.85. The van der Waals surface area contributed by atoms with Crippen LogP contribution in [0, 0.1) is 5.92 Å². The van der Waals surface area contributed by atoms with Crippen molar-refractivity contribution in [1.82, 2.24) is 4.98 Å². The smallest absolute Gasteiger partial charge is 0.0664 e. The molecular formula is C11H18N2OS. The monoisotopic (exact) mass is 226 g/mol. The molecular weight excluding hydrogens is 208 g/mol. The maximum absolute atomic E-state index is 12.0. The molecule has 4 heteroatoms. The molecule has 0 fully saturated rings. The zero-order valence-electron chi connectivity index (χ0n) is 9.27. The summed E-state index contributed by atoms with van der Waals surface area (Å²) in [6.45, 7) is 4.26.